The molecule has 0 aliphatic heterocycles. The van der Waals surface area contributed by atoms with Crippen molar-refractivity contribution in [3.63, 3.8) is 0 Å². The van der Waals surface area contributed by atoms with Gasteiger partial charge in [-0.3, -0.25) is 14.4 Å². The molecule has 2 aromatic carbocycles. The van der Waals surface area contributed by atoms with Crippen LogP contribution in [0.1, 0.15) is 92.5 Å². The molecule has 13 heteroatoms. The van der Waals surface area contributed by atoms with Gasteiger partial charge in [-0.2, -0.15) is 0 Å². The Morgan fingerprint density at radius 3 is 2.47 bits per heavy atom. The second kappa shape index (κ2) is 17.6. The van der Waals surface area contributed by atoms with Gasteiger partial charge < -0.3 is 20.1 Å². The summed E-state index contributed by atoms with van der Waals surface area (Å²) in [5.41, 5.74) is 4.34. The van der Waals surface area contributed by atoms with Crippen LogP contribution in [0.3, 0.4) is 0 Å². The van der Waals surface area contributed by atoms with Gasteiger partial charge in [0.25, 0.3) is 11.8 Å². The van der Waals surface area contributed by atoms with Crippen LogP contribution in [0, 0.1) is 0 Å². The third kappa shape index (κ3) is 10.0. The van der Waals surface area contributed by atoms with Gasteiger partial charge in [0.05, 0.1) is 35.8 Å². The zero-order valence-electron chi connectivity index (χ0n) is 28.8. The number of fused-ring (bicyclic) bond motifs is 1. The molecule has 0 saturated carbocycles. The van der Waals surface area contributed by atoms with Crippen LogP contribution in [0.15, 0.2) is 77.2 Å². The second-order valence-electron chi connectivity index (χ2n) is 12.3. The van der Waals surface area contributed by atoms with Crippen molar-refractivity contribution in [2.24, 2.45) is 0 Å². The normalized spacial score (nSPS) is 15.3. The van der Waals surface area contributed by atoms with E-state index in [1.807, 2.05) is 24.3 Å². The van der Waals surface area contributed by atoms with Gasteiger partial charge >= 0.3 is 11.9 Å². The summed E-state index contributed by atoms with van der Waals surface area (Å²) < 4.78 is 38.0. The van der Waals surface area contributed by atoms with Crippen LogP contribution in [0.5, 0.6) is 0 Å². The fraction of sp³-hybridized carbons (Fsp3) is 0.368. The zero-order valence-corrected chi connectivity index (χ0v) is 30.4. The van der Waals surface area contributed by atoms with E-state index >= 15 is 0 Å². The summed E-state index contributed by atoms with van der Waals surface area (Å²) in [7, 11) is -2.58. The first-order valence-corrected chi connectivity index (χ1v) is 19.4. The molecule has 2 amide bonds. The molecule has 3 N–H and O–H groups in total. The Hall–Kier alpha value is -4.59. The van der Waals surface area contributed by atoms with Crippen LogP contribution in [0.4, 0.5) is 5.00 Å². The Bertz CT molecular complexity index is 1930. The fourth-order valence-corrected chi connectivity index (χ4v) is 8.44. The first kappa shape index (κ1) is 37.7. The number of esters is 2. The number of nitrogens with one attached hydrogen (secondary N) is 3. The Morgan fingerprint density at radius 1 is 0.961 bits per heavy atom. The highest BCUT2D eigenvalue weighted by molar-refractivity contribution is 7.89. The van der Waals surface area contributed by atoms with Gasteiger partial charge in [-0.15, -0.1) is 11.3 Å². The molecule has 0 bridgehead atoms. The lowest BCUT2D eigenvalue weighted by Gasteiger charge is -2.19. The number of anilines is 1. The molecule has 1 aromatic heterocycles. The van der Waals surface area contributed by atoms with E-state index in [9.17, 15) is 27.6 Å². The van der Waals surface area contributed by atoms with E-state index in [0.717, 1.165) is 60.1 Å². The third-order valence-electron chi connectivity index (χ3n) is 8.76. The van der Waals surface area contributed by atoms with Crippen LogP contribution < -0.4 is 15.4 Å². The smallest absolute Gasteiger partial charge is 0.337 e. The molecule has 0 spiro atoms. The van der Waals surface area contributed by atoms with E-state index in [1.54, 1.807) is 19.1 Å². The Kier molecular flexibility index (Phi) is 13.0. The second-order valence-corrected chi connectivity index (χ2v) is 15.2. The van der Waals surface area contributed by atoms with Crippen LogP contribution in [-0.4, -0.2) is 58.5 Å². The molecule has 1 unspecified atom stereocenters. The molecule has 2 aliphatic rings. The van der Waals surface area contributed by atoms with Crippen LogP contribution >= 0.6 is 11.3 Å². The van der Waals surface area contributed by atoms with E-state index in [-0.39, 0.29) is 54.4 Å². The summed E-state index contributed by atoms with van der Waals surface area (Å²) in [6.07, 6.45) is 12.3. The maximum Gasteiger partial charge on any atom is 0.337 e. The van der Waals surface area contributed by atoms with Crippen molar-refractivity contribution >= 4 is 50.1 Å². The third-order valence-corrected chi connectivity index (χ3v) is 11.4. The number of hydrogen-bond donors (Lipinski definition) is 3. The van der Waals surface area contributed by atoms with Crippen LogP contribution in [0.2, 0.25) is 0 Å². The largest absolute Gasteiger partial charge is 0.466 e. The van der Waals surface area contributed by atoms with E-state index in [2.05, 4.69) is 21.4 Å². The molecule has 270 valence electrons. The number of rotatable bonds is 15. The zero-order chi connectivity index (χ0) is 36.4. The molecule has 0 radical (unpaired) electrons. The maximum absolute atomic E-state index is 13.8. The van der Waals surface area contributed by atoms with Crippen LogP contribution in [-0.2, 0) is 43.6 Å². The number of amides is 2. The first-order valence-electron chi connectivity index (χ1n) is 17.1. The van der Waals surface area contributed by atoms with Crippen molar-refractivity contribution in [2.75, 3.05) is 25.6 Å². The number of sulfonamides is 1. The average Bonchev–Trinajstić information content (AvgIpc) is 3.51. The van der Waals surface area contributed by atoms with Gasteiger partial charge in [-0.1, -0.05) is 42.0 Å². The highest BCUT2D eigenvalue weighted by Gasteiger charge is 2.28. The number of benzene rings is 2. The topological polar surface area (TPSA) is 157 Å². The van der Waals surface area contributed by atoms with Gasteiger partial charge in [0.15, 0.2) is 0 Å². The Balaban J connectivity index is 1.20. The SMILES string of the molecule is CCOC(=O)CCCNS(=O)(=O)c1cccc(C(=O)Nc2sc3c(c2C(=O)NC2C=CC(CCc4ccc(C(=O)OC)cc4)=CC2)CCCC3)c1. The van der Waals surface area contributed by atoms with Gasteiger partial charge in [-0.05, 0) is 99.7 Å². The highest BCUT2D eigenvalue weighted by Crippen LogP contribution is 2.38. The van der Waals surface area contributed by atoms with Crippen molar-refractivity contribution in [1.29, 1.82) is 0 Å². The number of aryl methyl sites for hydroxylation is 2. The Labute approximate surface area is 302 Å². The van der Waals surface area contributed by atoms with E-state index in [4.69, 9.17) is 9.47 Å². The number of ether oxygens (including phenoxy) is 2. The summed E-state index contributed by atoms with van der Waals surface area (Å²) >= 11 is 1.40. The number of methoxy groups -OCH3 is 1. The average molecular weight is 734 g/mol. The summed E-state index contributed by atoms with van der Waals surface area (Å²) in [6, 6.07) is 12.9. The molecule has 0 saturated heterocycles. The van der Waals surface area contributed by atoms with Crippen molar-refractivity contribution in [3.05, 3.63) is 105 Å². The molecule has 1 atom stereocenters. The van der Waals surface area contributed by atoms with Crippen molar-refractivity contribution in [3.8, 4) is 0 Å². The predicted molar refractivity (Wildman–Crippen MR) is 196 cm³/mol. The quantitative estimate of drug-likeness (QED) is 0.129. The number of hydrogen-bond acceptors (Lipinski definition) is 9. The molecule has 0 fully saturated rings. The van der Waals surface area contributed by atoms with E-state index in [0.29, 0.717) is 22.5 Å². The van der Waals surface area contributed by atoms with Gasteiger partial charge in [0, 0.05) is 23.4 Å². The molecule has 5 rings (SSSR count). The summed E-state index contributed by atoms with van der Waals surface area (Å²) in [5.74, 6) is -1.54. The fourth-order valence-electron chi connectivity index (χ4n) is 6.04. The maximum atomic E-state index is 13.8. The molecule has 11 nitrogen and oxygen atoms in total. The molecule has 51 heavy (non-hydrogen) atoms. The summed E-state index contributed by atoms with van der Waals surface area (Å²) in [5, 5.41) is 6.49. The lowest BCUT2D eigenvalue weighted by Crippen LogP contribution is -2.35. The Morgan fingerprint density at radius 2 is 1.75 bits per heavy atom. The van der Waals surface area contributed by atoms with Gasteiger partial charge in [-0.25, -0.2) is 17.9 Å². The number of carbonyl (C=O) groups is 4. The molecular weight excluding hydrogens is 691 g/mol. The molecule has 2 aliphatic carbocycles. The number of carbonyl (C=O) groups excluding carboxylic acids is 4. The molecular formula is C38H43N3O8S2. The monoisotopic (exact) mass is 733 g/mol. The minimum absolute atomic E-state index is 0.0399. The minimum atomic E-state index is -3.94. The van der Waals surface area contributed by atoms with E-state index in [1.165, 1.54) is 42.7 Å². The van der Waals surface area contributed by atoms with Crippen molar-refractivity contribution in [2.45, 2.75) is 75.6 Å². The number of allylic oxidation sites excluding steroid dienone is 2. The molecule has 1 heterocycles. The van der Waals surface area contributed by atoms with Crippen molar-refractivity contribution < 1.29 is 37.1 Å². The standard InChI is InChI=1S/C38H43N3O8S2/c1-3-49-33(42)12-7-23-39-51(46,47)30-9-6-8-28(24-30)35(43)41-37-34(31-10-4-5-11-32(31)50-37)36(44)40-29-21-17-26(18-22-29)14-13-25-15-19-27(20-16-25)38(45)48-2/h6,8-9,15-21,24,29,39H,3-5,7,10-14,22-23H2,1-2H3,(H,40,44)(H,41,43). The van der Waals surface area contributed by atoms with Crippen molar-refractivity contribution in [1.82, 2.24) is 10.0 Å². The van der Waals surface area contributed by atoms with E-state index < -0.39 is 21.9 Å². The highest BCUT2D eigenvalue weighted by atomic mass is 32.2. The van der Waals surface area contributed by atoms with Gasteiger partial charge in [0.2, 0.25) is 10.0 Å². The summed E-state index contributed by atoms with van der Waals surface area (Å²) in [4.78, 5) is 51.5. The molecule has 3 aromatic rings. The predicted octanol–water partition coefficient (Wildman–Crippen LogP) is 5.90. The van der Waals surface area contributed by atoms with Gasteiger partial charge in [0.1, 0.15) is 5.00 Å². The van der Waals surface area contributed by atoms with Crippen LogP contribution in [0.25, 0.3) is 0 Å². The summed E-state index contributed by atoms with van der Waals surface area (Å²) in [6.45, 7) is 2.00. The minimum Gasteiger partial charge on any atom is -0.466 e. The lowest BCUT2D eigenvalue weighted by molar-refractivity contribution is -0.143. The number of thiophene rings is 1. The lowest BCUT2D eigenvalue weighted by atomic mass is 9.94. The first-order chi connectivity index (χ1) is 24.6.